The molecule has 31 heavy (non-hydrogen) atoms. The van der Waals surface area contributed by atoms with Crippen molar-refractivity contribution >= 4 is 47.0 Å². The maximum atomic E-state index is 12.9. The lowest BCUT2D eigenvalue weighted by Crippen LogP contribution is -2.49. The van der Waals surface area contributed by atoms with E-state index in [4.69, 9.17) is 16.3 Å². The molecular weight excluding hydrogens is 438 g/mol. The molecule has 2 aliphatic rings. The number of nitrogens with zero attached hydrogens (tertiary/aromatic N) is 1. The van der Waals surface area contributed by atoms with Crippen molar-refractivity contribution in [2.75, 3.05) is 24.7 Å². The minimum atomic E-state index is -0.626. The Morgan fingerprint density at radius 3 is 2.68 bits per heavy atom. The fourth-order valence-corrected chi connectivity index (χ4v) is 4.31. The molecule has 1 atom stereocenters. The number of cyclic esters (lactones) is 1. The van der Waals surface area contributed by atoms with Crippen molar-refractivity contribution in [3.8, 4) is 0 Å². The summed E-state index contributed by atoms with van der Waals surface area (Å²) in [6, 6.07) is 11.8. The van der Waals surface area contributed by atoms with Crippen molar-refractivity contribution < 1.29 is 19.1 Å². The van der Waals surface area contributed by atoms with Gasteiger partial charge in [-0.05, 0) is 42.5 Å². The van der Waals surface area contributed by atoms with Gasteiger partial charge in [-0.25, -0.2) is 9.59 Å². The highest BCUT2D eigenvalue weighted by Crippen LogP contribution is 2.35. The summed E-state index contributed by atoms with van der Waals surface area (Å²) in [7, 11) is 0. The van der Waals surface area contributed by atoms with Crippen LogP contribution in [0.25, 0.3) is 0 Å². The van der Waals surface area contributed by atoms with Crippen LogP contribution in [-0.4, -0.2) is 42.2 Å². The van der Waals surface area contributed by atoms with Crippen LogP contribution in [0.15, 0.2) is 58.6 Å². The molecule has 2 heterocycles. The van der Waals surface area contributed by atoms with Crippen LogP contribution >= 0.6 is 23.4 Å². The first kappa shape index (κ1) is 21.3. The van der Waals surface area contributed by atoms with Crippen LogP contribution in [0.2, 0.25) is 5.02 Å². The number of carbonyl (C=O) groups excluding carboxylic acids is 3. The van der Waals surface area contributed by atoms with E-state index in [2.05, 4.69) is 10.6 Å². The lowest BCUT2D eigenvalue weighted by Gasteiger charge is -2.32. The molecule has 4 rings (SSSR count). The number of halogens is 1. The number of hydrogen-bond donors (Lipinski definition) is 2. The van der Waals surface area contributed by atoms with Crippen molar-refractivity contribution in [2.45, 2.75) is 17.9 Å². The minimum Gasteiger partial charge on any atom is -0.456 e. The molecule has 9 heteroatoms. The number of urea groups is 1. The quantitative estimate of drug-likeness (QED) is 0.525. The number of benzene rings is 2. The lowest BCUT2D eigenvalue weighted by atomic mass is 9.96. The van der Waals surface area contributed by atoms with E-state index in [1.54, 1.807) is 23.9 Å². The molecule has 0 saturated carbocycles. The van der Waals surface area contributed by atoms with Gasteiger partial charge in [0.2, 0.25) is 5.91 Å². The maximum Gasteiger partial charge on any atom is 0.338 e. The van der Waals surface area contributed by atoms with Crippen molar-refractivity contribution in [1.29, 1.82) is 0 Å². The molecule has 7 nitrogen and oxygen atoms in total. The van der Waals surface area contributed by atoms with E-state index in [-0.39, 0.29) is 13.2 Å². The predicted octanol–water partition coefficient (Wildman–Crippen LogP) is 3.89. The van der Waals surface area contributed by atoms with E-state index >= 15 is 0 Å². The van der Waals surface area contributed by atoms with Gasteiger partial charge in [0.1, 0.15) is 13.2 Å². The number of carbonyl (C=O) groups is 3. The Balaban J connectivity index is 1.60. The number of esters is 1. The van der Waals surface area contributed by atoms with E-state index < -0.39 is 23.9 Å². The fraction of sp³-hybridized carbons (Fsp3) is 0.227. The van der Waals surface area contributed by atoms with Crippen LogP contribution in [0.1, 0.15) is 17.2 Å². The van der Waals surface area contributed by atoms with E-state index in [0.29, 0.717) is 22.0 Å². The number of thioether (sulfide) groups is 1. The summed E-state index contributed by atoms with van der Waals surface area (Å²) in [5, 5.41) is 5.99. The Kier molecular flexibility index (Phi) is 5.93. The standard InChI is InChI=1S/C22H20ClN3O4S/c1-12-4-3-5-15(23)19(12)24-17(27)10-26-16-11-30-21(28)18(16)20(25-22(26)29)13-6-8-14(31-2)9-7-13/h3-9,20H,10-11H2,1-2H3,(H,24,27)(H,25,29)/t20-/m0/s1. The Morgan fingerprint density at radius 1 is 1.26 bits per heavy atom. The number of hydrogen-bond acceptors (Lipinski definition) is 5. The van der Waals surface area contributed by atoms with Gasteiger partial charge in [-0.3, -0.25) is 9.69 Å². The number of para-hydroxylation sites is 1. The number of anilines is 1. The van der Waals surface area contributed by atoms with Crippen LogP contribution in [0.3, 0.4) is 0 Å². The van der Waals surface area contributed by atoms with E-state index in [0.717, 1.165) is 16.0 Å². The van der Waals surface area contributed by atoms with Gasteiger partial charge in [-0.15, -0.1) is 11.8 Å². The third-order valence-electron chi connectivity index (χ3n) is 5.24. The molecule has 0 bridgehead atoms. The SMILES string of the molecule is CSc1ccc([C@@H]2NC(=O)N(CC(=O)Nc3c(C)cccc3Cl)C3=C2C(=O)OC3)cc1. The average Bonchev–Trinajstić information content (AvgIpc) is 3.14. The molecule has 2 aromatic rings. The molecule has 0 spiro atoms. The average molecular weight is 458 g/mol. The number of aryl methyl sites for hydroxylation is 1. The summed E-state index contributed by atoms with van der Waals surface area (Å²) < 4.78 is 5.21. The molecule has 0 saturated heterocycles. The first-order chi connectivity index (χ1) is 14.9. The third kappa shape index (κ3) is 4.13. The largest absolute Gasteiger partial charge is 0.456 e. The third-order valence-corrected chi connectivity index (χ3v) is 6.29. The molecule has 0 fully saturated rings. The normalized spacial score (nSPS) is 17.9. The zero-order chi connectivity index (χ0) is 22.1. The summed E-state index contributed by atoms with van der Waals surface area (Å²) in [6.07, 6.45) is 1.97. The van der Waals surface area contributed by atoms with Crippen molar-refractivity contribution in [3.63, 3.8) is 0 Å². The molecule has 0 radical (unpaired) electrons. The van der Waals surface area contributed by atoms with Gasteiger partial charge in [-0.1, -0.05) is 35.9 Å². The molecule has 0 aromatic heterocycles. The number of nitrogens with one attached hydrogen (secondary N) is 2. The summed E-state index contributed by atoms with van der Waals surface area (Å²) in [6.45, 7) is 1.50. The van der Waals surface area contributed by atoms with E-state index in [1.807, 2.05) is 43.5 Å². The predicted molar refractivity (Wildman–Crippen MR) is 119 cm³/mol. The van der Waals surface area contributed by atoms with Crippen LogP contribution in [0.4, 0.5) is 10.5 Å². The monoisotopic (exact) mass is 457 g/mol. The maximum absolute atomic E-state index is 12.9. The van der Waals surface area contributed by atoms with Crippen molar-refractivity contribution in [3.05, 3.63) is 69.9 Å². The van der Waals surface area contributed by atoms with Gasteiger partial charge in [-0.2, -0.15) is 0 Å². The highest BCUT2D eigenvalue weighted by molar-refractivity contribution is 7.98. The second-order valence-electron chi connectivity index (χ2n) is 7.16. The van der Waals surface area contributed by atoms with Gasteiger partial charge >= 0.3 is 12.0 Å². The minimum absolute atomic E-state index is 0.0562. The van der Waals surface area contributed by atoms with Crippen LogP contribution in [0.5, 0.6) is 0 Å². The molecule has 160 valence electrons. The molecule has 2 aromatic carbocycles. The smallest absolute Gasteiger partial charge is 0.338 e. The summed E-state index contributed by atoms with van der Waals surface area (Å²) in [5.74, 6) is -0.929. The summed E-state index contributed by atoms with van der Waals surface area (Å²) >= 11 is 7.78. The second-order valence-corrected chi connectivity index (χ2v) is 8.45. The van der Waals surface area contributed by atoms with Crippen LogP contribution in [-0.2, 0) is 14.3 Å². The van der Waals surface area contributed by atoms with Crippen LogP contribution in [0, 0.1) is 6.92 Å². The summed E-state index contributed by atoms with van der Waals surface area (Å²) in [5.41, 5.74) is 2.81. The molecule has 0 unspecified atom stereocenters. The van der Waals surface area contributed by atoms with Crippen molar-refractivity contribution in [1.82, 2.24) is 10.2 Å². The zero-order valence-electron chi connectivity index (χ0n) is 16.9. The topological polar surface area (TPSA) is 87.7 Å². The zero-order valence-corrected chi connectivity index (χ0v) is 18.5. The second kappa shape index (κ2) is 8.64. The Bertz CT molecular complexity index is 1080. The van der Waals surface area contributed by atoms with E-state index in [9.17, 15) is 14.4 Å². The Hall–Kier alpha value is -2.97. The Labute approximate surface area is 188 Å². The van der Waals surface area contributed by atoms with Crippen LogP contribution < -0.4 is 10.6 Å². The molecule has 3 amide bonds. The molecule has 2 N–H and O–H groups in total. The van der Waals surface area contributed by atoms with Gasteiger partial charge in [0.05, 0.1) is 28.0 Å². The van der Waals surface area contributed by atoms with Crippen molar-refractivity contribution in [2.24, 2.45) is 0 Å². The summed E-state index contributed by atoms with van der Waals surface area (Å²) in [4.78, 5) is 40.3. The van der Waals surface area contributed by atoms with Gasteiger partial charge < -0.3 is 15.4 Å². The molecule has 2 aliphatic heterocycles. The number of ether oxygens (including phenoxy) is 1. The van der Waals surface area contributed by atoms with Gasteiger partial charge in [0.25, 0.3) is 0 Å². The molecule has 0 aliphatic carbocycles. The first-order valence-electron chi connectivity index (χ1n) is 9.56. The number of rotatable bonds is 5. The first-order valence-corrected chi connectivity index (χ1v) is 11.2. The van der Waals surface area contributed by atoms with Gasteiger partial charge in [0.15, 0.2) is 0 Å². The molecular formula is C22H20ClN3O4S. The Morgan fingerprint density at radius 2 is 2.00 bits per heavy atom. The van der Waals surface area contributed by atoms with Gasteiger partial charge in [0, 0.05) is 4.90 Å². The lowest BCUT2D eigenvalue weighted by molar-refractivity contribution is -0.136. The number of amides is 3. The van der Waals surface area contributed by atoms with E-state index in [1.165, 1.54) is 4.90 Å². The highest BCUT2D eigenvalue weighted by atomic mass is 35.5. The fourth-order valence-electron chi connectivity index (χ4n) is 3.64. The highest BCUT2D eigenvalue weighted by Gasteiger charge is 2.42.